The zero-order valence-electron chi connectivity index (χ0n) is 15.4. The number of aliphatic imine (C=N–C) groups is 1. The minimum atomic E-state index is -0.121. The third kappa shape index (κ3) is 5.84. The first-order chi connectivity index (χ1) is 12.3. The van der Waals surface area contributed by atoms with Crippen LogP contribution in [0.4, 0.5) is 0 Å². The molecule has 0 aliphatic heterocycles. The molecule has 0 atom stereocenters. The number of benzene rings is 2. The van der Waals surface area contributed by atoms with Gasteiger partial charge in [-0.1, -0.05) is 42.5 Å². The number of rotatable bonds is 5. The highest BCUT2D eigenvalue weighted by molar-refractivity contribution is 14.0. The molecule has 0 spiro atoms. The van der Waals surface area contributed by atoms with E-state index in [9.17, 15) is 5.11 Å². The average Bonchev–Trinajstić information content (AvgIpc) is 2.64. The summed E-state index contributed by atoms with van der Waals surface area (Å²) in [7, 11) is 0. The number of nitrogens with one attached hydrogen (secondary N) is 2. The van der Waals surface area contributed by atoms with Gasteiger partial charge in [0.05, 0.1) is 6.10 Å². The molecule has 5 heteroatoms. The van der Waals surface area contributed by atoms with Crippen LogP contribution in [0.25, 0.3) is 10.8 Å². The SMILES string of the molecule is CCNC(=NCCc1cccc2ccccc12)NC1CCC(O)CC1.I. The number of guanidine groups is 1. The van der Waals surface area contributed by atoms with Gasteiger partial charge < -0.3 is 15.7 Å². The summed E-state index contributed by atoms with van der Waals surface area (Å²) in [4.78, 5) is 4.76. The molecule has 1 aliphatic rings. The second-order valence-corrected chi connectivity index (χ2v) is 6.80. The molecular formula is C21H30IN3O. The number of hydrogen-bond donors (Lipinski definition) is 3. The summed E-state index contributed by atoms with van der Waals surface area (Å²) in [5.41, 5.74) is 1.35. The van der Waals surface area contributed by atoms with Crippen LogP contribution in [-0.2, 0) is 6.42 Å². The van der Waals surface area contributed by atoms with Gasteiger partial charge in [0.1, 0.15) is 0 Å². The molecule has 0 radical (unpaired) electrons. The van der Waals surface area contributed by atoms with E-state index in [0.29, 0.717) is 6.04 Å². The van der Waals surface area contributed by atoms with Crippen LogP contribution in [0.3, 0.4) is 0 Å². The van der Waals surface area contributed by atoms with Crippen LogP contribution < -0.4 is 10.6 Å². The monoisotopic (exact) mass is 467 g/mol. The minimum absolute atomic E-state index is 0. The molecule has 0 saturated heterocycles. The summed E-state index contributed by atoms with van der Waals surface area (Å²) < 4.78 is 0. The molecule has 3 N–H and O–H groups in total. The van der Waals surface area contributed by atoms with Crippen molar-refractivity contribution in [2.24, 2.45) is 4.99 Å². The lowest BCUT2D eigenvalue weighted by atomic mass is 9.93. The smallest absolute Gasteiger partial charge is 0.191 e. The van der Waals surface area contributed by atoms with E-state index in [1.807, 2.05) is 0 Å². The Morgan fingerprint density at radius 3 is 2.58 bits per heavy atom. The summed E-state index contributed by atoms with van der Waals surface area (Å²) in [6, 6.07) is 15.4. The van der Waals surface area contributed by atoms with Gasteiger partial charge in [-0.2, -0.15) is 0 Å². The highest BCUT2D eigenvalue weighted by Gasteiger charge is 2.19. The Balaban J connectivity index is 0.00000243. The van der Waals surface area contributed by atoms with Crippen LogP contribution in [0.5, 0.6) is 0 Å². The van der Waals surface area contributed by atoms with Gasteiger partial charge in [0.15, 0.2) is 5.96 Å². The summed E-state index contributed by atoms with van der Waals surface area (Å²) in [6.45, 7) is 3.71. The van der Waals surface area contributed by atoms with Gasteiger partial charge in [-0.15, -0.1) is 24.0 Å². The van der Waals surface area contributed by atoms with Crippen LogP contribution in [0.15, 0.2) is 47.5 Å². The molecule has 0 heterocycles. The molecule has 1 aliphatic carbocycles. The standard InChI is InChI=1S/C21H29N3O.HI/c1-2-22-21(24-18-10-12-19(25)13-11-18)23-15-14-17-8-5-7-16-6-3-4-9-20(16)17;/h3-9,18-19,25H,2,10-15H2,1H3,(H2,22,23,24);1H. The molecule has 2 aromatic carbocycles. The van der Waals surface area contributed by atoms with Crippen LogP contribution in [0.1, 0.15) is 38.2 Å². The Kier molecular flexibility index (Phi) is 8.65. The molecule has 3 rings (SSSR count). The zero-order valence-corrected chi connectivity index (χ0v) is 17.8. The topological polar surface area (TPSA) is 56.7 Å². The first kappa shape index (κ1) is 21.0. The van der Waals surface area contributed by atoms with Gasteiger partial charge >= 0.3 is 0 Å². The van der Waals surface area contributed by atoms with Crippen molar-refractivity contribution in [3.63, 3.8) is 0 Å². The van der Waals surface area contributed by atoms with Crippen molar-refractivity contribution in [3.8, 4) is 0 Å². The Hall–Kier alpha value is -1.34. The van der Waals surface area contributed by atoms with Gasteiger partial charge in [0.25, 0.3) is 0 Å². The fourth-order valence-electron chi connectivity index (χ4n) is 3.53. The fraction of sp³-hybridized carbons (Fsp3) is 0.476. The molecule has 0 amide bonds. The van der Waals surface area contributed by atoms with Gasteiger partial charge in [0, 0.05) is 19.1 Å². The van der Waals surface area contributed by atoms with E-state index < -0.39 is 0 Å². The molecule has 0 unspecified atom stereocenters. The second-order valence-electron chi connectivity index (χ2n) is 6.80. The van der Waals surface area contributed by atoms with Crippen molar-refractivity contribution >= 4 is 40.7 Å². The van der Waals surface area contributed by atoms with Crippen molar-refractivity contribution in [1.29, 1.82) is 0 Å². The van der Waals surface area contributed by atoms with Crippen LogP contribution >= 0.6 is 24.0 Å². The van der Waals surface area contributed by atoms with E-state index in [-0.39, 0.29) is 30.1 Å². The van der Waals surface area contributed by atoms with Gasteiger partial charge in [-0.25, -0.2) is 0 Å². The number of nitrogens with zero attached hydrogens (tertiary/aromatic N) is 1. The predicted octanol–water partition coefficient (Wildman–Crippen LogP) is 3.86. The maximum absolute atomic E-state index is 9.64. The lowest BCUT2D eigenvalue weighted by Crippen LogP contribution is -2.45. The number of fused-ring (bicyclic) bond motifs is 1. The van der Waals surface area contributed by atoms with Crippen molar-refractivity contribution in [3.05, 3.63) is 48.0 Å². The molecule has 1 fully saturated rings. The number of halogens is 1. The molecule has 2 aromatic rings. The summed E-state index contributed by atoms with van der Waals surface area (Å²) >= 11 is 0. The van der Waals surface area contributed by atoms with Crippen molar-refractivity contribution in [1.82, 2.24) is 10.6 Å². The molecule has 1 saturated carbocycles. The van der Waals surface area contributed by atoms with Gasteiger partial charge in [0.2, 0.25) is 0 Å². The normalized spacial score (nSPS) is 20.5. The molecule has 26 heavy (non-hydrogen) atoms. The van der Waals surface area contributed by atoms with Crippen molar-refractivity contribution < 1.29 is 5.11 Å². The molecule has 4 nitrogen and oxygen atoms in total. The maximum Gasteiger partial charge on any atom is 0.191 e. The van der Waals surface area contributed by atoms with E-state index in [1.165, 1.54) is 16.3 Å². The first-order valence-electron chi connectivity index (χ1n) is 9.46. The molecule has 0 bridgehead atoms. The first-order valence-corrected chi connectivity index (χ1v) is 9.46. The van der Waals surface area contributed by atoms with Crippen LogP contribution in [-0.4, -0.2) is 36.3 Å². The third-order valence-electron chi connectivity index (χ3n) is 4.91. The Bertz CT molecular complexity index is 706. The van der Waals surface area contributed by atoms with Gasteiger partial charge in [-0.3, -0.25) is 4.99 Å². The number of hydrogen-bond acceptors (Lipinski definition) is 2. The second kappa shape index (κ2) is 10.7. The summed E-state index contributed by atoms with van der Waals surface area (Å²) in [5.74, 6) is 0.893. The van der Waals surface area contributed by atoms with E-state index >= 15 is 0 Å². The third-order valence-corrected chi connectivity index (χ3v) is 4.91. The molecular weight excluding hydrogens is 437 g/mol. The summed E-state index contributed by atoms with van der Waals surface area (Å²) in [6.07, 6.45) is 4.59. The average molecular weight is 467 g/mol. The lowest BCUT2D eigenvalue weighted by molar-refractivity contribution is 0.120. The fourth-order valence-corrected chi connectivity index (χ4v) is 3.53. The number of aliphatic hydroxyl groups excluding tert-OH is 1. The lowest BCUT2D eigenvalue weighted by Gasteiger charge is -2.27. The largest absolute Gasteiger partial charge is 0.393 e. The quantitative estimate of drug-likeness (QED) is 0.356. The van der Waals surface area contributed by atoms with Crippen molar-refractivity contribution in [2.45, 2.75) is 51.2 Å². The minimum Gasteiger partial charge on any atom is -0.393 e. The Morgan fingerprint density at radius 1 is 1.08 bits per heavy atom. The van der Waals surface area contributed by atoms with Crippen molar-refractivity contribution in [2.75, 3.05) is 13.1 Å². The highest BCUT2D eigenvalue weighted by atomic mass is 127. The zero-order chi connectivity index (χ0) is 17.5. The highest BCUT2D eigenvalue weighted by Crippen LogP contribution is 2.19. The summed E-state index contributed by atoms with van der Waals surface area (Å²) in [5, 5.41) is 19.1. The Labute approximate surface area is 173 Å². The van der Waals surface area contributed by atoms with E-state index in [0.717, 1.165) is 51.2 Å². The van der Waals surface area contributed by atoms with E-state index in [2.05, 4.69) is 60.0 Å². The number of aliphatic hydroxyl groups is 1. The predicted molar refractivity (Wildman–Crippen MR) is 120 cm³/mol. The van der Waals surface area contributed by atoms with Crippen LogP contribution in [0.2, 0.25) is 0 Å². The Morgan fingerprint density at radius 2 is 1.81 bits per heavy atom. The van der Waals surface area contributed by atoms with E-state index in [1.54, 1.807) is 0 Å². The van der Waals surface area contributed by atoms with Gasteiger partial charge in [-0.05, 0) is 55.4 Å². The van der Waals surface area contributed by atoms with E-state index in [4.69, 9.17) is 4.99 Å². The molecule has 142 valence electrons. The van der Waals surface area contributed by atoms with Crippen LogP contribution in [0, 0.1) is 0 Å². The molecule has 0 aromatic heterocycles. The maximum atomic E-state index is 9.64.